The van der Waals surface area contributed by atoms with Crippen molar-refractivity contribution in [2.45, 2.75) is 81.2 Å². The van der Waals surface area contributed by atoms with Crippen LogP contribution in [-0.4, -0.2) is 57.3 Å². The van der Waals surface area contributed by atoms with E-state index in [4.69, 9.17) is 0 Å². The number of benzene rings is 1. The third kappa shape index (κ3) is 3.83. The van der Waals surface area contributed by atoms with Crippen molar-refractivity contribution in [1.29, 1.82) is 0 Å². The molecule has 0 bridgehead atoms. The second-order valence-corrected chi connectivity index (χ2v) is 10.5. The van der Waals surface area contributed by atoms with Gasteiger partial charge in [-0.25, -0.2) is 0 Å². The highest BCUT2D eigenvalue weighted by Gasteiger charge is 2.57. The largest absolute Gasteiger partial charge is 0.418 e. The average Bonchev–Trinajstić information content (AvgIpc) is 3.43. The molecule has 1 aromatic rings. The molecule has 0 aromatic heterocycles. The Kier molecular flexibility index (Phi) is 5.10. The Balaban J connectivity index is 1.24. The molecule has 4 aliphatic rings. The van der Waals surface area contributed by atoms with Crippen LogP contribution >= 0.6 is 0 Å². The summed E-state index contributed by atoms with van der Waals surface area (Å²) in [5.41, 5.74) is -1.35. The molecule has 2 aliphatic carbocycles. The Morgan fingerprint density at radius 2 is 1.58 bits per heavy atom. The van der Waals surface area contributed by atoms with Gasteiger partial charge in [-0.2, -0.15) is 13.2 Å². The van der Waals surface area contributed by atoms with Crippen LogP contribution in [0.2, 0.25) is 0 Å². The second kappa shape index (κ2) is 7.43. The molecule has 2 saturated heterocycles. The van der Waals surface area contributed by atoms with Crippen LogP contribution in [0.4, 0.5) is 18.9 Å². The lowest BCUT2D eigenvalue weighted by atomic mass is 9.67. The molecule has 33 heavy (non-hydrogen) atoms. The Hall–Kier alpha value is -2.13. The van der Waals surface area contributed by atoms with Crippen molar-refractivity contribution in [3.8, 4) is 0 Å². The minimum Gasteiger partial charge on any atom is -0.388 e. The predicted octanol–water partition coefficient (Wildman–Crippen LogP) is 3.47. The van der Waals surface area contributed by atoms with Gasteiger partial charge in [0.25, 0.3) is 0 Å². The molecule has 6 nitrogen and oxygen atoms in total. The summed E-state index contributed by atoms with van der Waals surface area (Å²) >= 11 is 0. The molecule has 2 spiro atoms. The van der Waals surface area contributed by atoms with Gasteiger partial charge in [0.1, 0.15) is 0 Å². The lowest BCUT2D eigenvalue weighted by molar-refractivity contribution is -0.206. The van der Waals surface area contributed by atoms with E-state index >= 15 is 0 Å². The monoisotopic (exact) mass is 466 g/mol. The molecule has 1 unspecified atom stereocenters. The van der Waals surface area contributed by atoms with Gasteiger partial charge in [0.2, 0.25) is 11.8 Å². The summed E-state index contributed by atoms with van der Waals surface area (Å²) in [7, 11) is 0. The van der Waals surface area contributed by atoms with Gasteiger partial charge < -0.3 is 20.0 Å². The lowest BCUT2D eigenvalue weighted by Crippen LogP contribution is -2.51. The van der Waals surface area contributed by atoms with Crippen molar-refractivity contribution in [3.05, 3.63) is 29.8 Å². The topological polar surface area (TPSA) is 81.1 Å². The van der Waals surface area contributed by atoms with E-state index in [1.54, 1.807) is 4.90 Å². The van der Waals surface area contributed by atoms with Crippen molar-refractivity contribution in [1.82, 2.24) is 4.90 Å². The fraction of sp³-hybridized carbons (Fsp3) is 0.667. The number of amides is 2. The number of carbonyl (C=O) groups excluding carboxylic acids is 2. The summed E-state index contributed by atoms with van der Waals surface area (Å²) in [5.74, 6) is 0.0491. The minimum absolute atomic E-state index is 0.0339. The summed E-state index contributed by atoms with van der Waals surface area (Å²) in [4.78, 5) is 29.2. The van der Waals surface area contributed by atoms with Gasteiger partial charge in [-0.05, 0) is 69.1 Å². The van der Waals surface area contributed by atoms with Crippen molar-refractivity contribution >= 4 is 17.5 Å². The molecule has 2 saturated carbocycles. The van der Waals surface area contributed by atoms with E-state index in [9.17, 15) is 33.0 Å². The molecule has 5 rings (SSSR count). The first-order valence-electron chi connectivity index (χ1n) is 11.7. The summed E-state index contributed by atoms with van der Waals surface area (Å²) in [6.07, 6.45) is -1.29. The van der Waals surface area contributed by atoms with Gasteiger partial charge in [-0.1, -0.05) is 12.1 Å². The van der Waals surface area contributed by atoms with Gasteiger partial charge in [0, 0.05) is 30.7 Å². The molecular weight excluding hydrogens is 437 g/mol. The molecule has 9 heteroatoms. The molecule has 2 aliphatic heterocycles. The lowest BCUT2D eigenvalue weighted by Gasteiger charge is -2.43. The summed E-state index contributed by atoms with van der Waals surface area (Å²) < 4.78 is 38.2. The fourth-order valence-corrected chi connectivity index (χ4v) is 6.00. The number of halogens is 3. The van der Waals surface area contributed by atoms with Crippen LogP contribution in [0.25, 0.3) is 0 Å². The fourth-order valence-electron chi connectivity index (χ4n) is 6.00. The second-order valence-electron chi connectivity index (χ2n) is 10.5. The van der Waals surface area contributed by atoms with Gasteiger partial charge >= 0.3 is 6.18 Å². The Morgan fingerprint density at radius 1 is 0.939 bits per heavy atom. The molecule has 180 valence electrons. The number of anilines is 1. The smallest absolute Gasteiger partial charge is 0.388 e. The van der Waals surface area contributed by atoms with Gasteiger partial charge in [0.15, 0.2) is 6.10 Å². The van der Waals surface area contributed by atoms with Gasteiger partial charge in [-0.15, -0.1) is 0 Å². The average molecular weight is 467 g/mol. The third-order valence-electron chi connectivity index (χ3n) is 8.44. The summed E-state index contributed by atoms with van der Waals surface area (Å²) in [6.45, 7) is 0.801. The molecule has 2 heterocycles. The van der Waals surface area contributed by atoms with Crippen LogP contribution in [-0.2, 0) is 9.59 Å². The SMILES string of the molecule is O=C1CCC2(CC2)N1CC1(O)CCC2(CCN(c3ccc(C(O)C(F)(F)F)cc3)C2=O)CC1. The van der Waals surface area contributed by atoms with Crippen LogP contribution in [0.1, 0.15) is 69.5 Å². The number of aliphatic hydroxyl groups is 2. The van der Waals surface area contributed by atoms with Crippen LogP contribution < -0.4 is 4.90 Å². The zero-order chi connectivity index (χ0) is 23.6. The number of rotatable bonds is 4. The number of likely N-dealkylation sites (tertiary alicyclic amines) is 1. The van der Waals surface area contributed by atoms with E-state index in [0.717, 1.165) is 19.3 Å². The summed E-state index contributed by atoms with van der Waals surface area (Å²) in [6, 6.07) is 5.28. The third-order valence-corrected chi connectivity index (χ3v) is 8.44. The number of hydrogen-bond acceptors (Lipinski definition) is 4. The number of alkyl halides is 3. The van der Waals surface area contributed by atoms with Crippen LogP contribution in [0.3, 0.4) is 0 Å². The standard InChI is InChI=1S/C24H29F3N2O4/c25-24(26,27)19(31)16-1-3-17(4-2-16)28-14-13-21(20(28)32)7-11-23(33,12-8-21)15-29-18(30)5-6-22(29)9-10-22/h1-4,19,31,33H,5-15H2. The molecule has 2 N–H and O–H groups in total. The molecule has 1 atom stereocenters. The number of aliphatic hydroxyl groups excluding tert-OH is 1. The van der Waals surface area contributed by atoms with Gasteiger partial charge in [-0.3, -0.25) is 9.59 Å². The maximum absolute atomic E-state index is 13.3. The number of β-amino-alcohol motifs (C(OH)–C–C–N with tert-alkyl or cyclic N) is 1. The number of nitrogens with zero attached hydrogens (tertiary/aromatic N) is 2. The predicted molar refractivity (Wildman–Crippen MR) is 113 cm³/mol. The van der Waals surface area contributed by atoms with E-state index in [1.807, 2.05) is 4.90 Å². The van der Waals surface area contributed by atoms with Crippen molar-refractivity contribution in [2.24, 2.45) is 5.41 Å². The Morgan fingerprint density at radius 3 is 2.15 bits per heavy atom. The van der Waals surface area contributed by atoms with E-state index in [0.29, 0.717) is 57.3 Å². The Bertz CT molecular complexity index is 949. The molecular formula is C24H29F3N2O4. The van der Waals surface area contributed by atoms with E-state index in [2.05, 4.69) is 0 Å². The highest BCUT2D eigenvalue weighted by molar-refractivity contribution is 6.00. The minimum atomic E-state index is -4.74. The van der Waals surface area contributed by atoms with Crippen LogP contribution in [0.15, 0.2) is 24.3 Å². The summed E-state index contributed by atoms with van der Waals surface area (Å²) in [5, 5.41) is 20.7. The first-order chi connectivity index (χ1) is 15.5. The zero-order valence-corrected chi connectivity index (χ0v) is 18.4. The number of hydrogen-bond donors (Lipinski definition) is 2. The quantitative estimate of drug-likeness (QED) is 0.712. The van der Waals surface area contributed by atoms with E-state index in [-0.39, 0.29) is 22.9 Å². The van der Waals surface area contributed by atoms with Crippen molar-refractivity contribution < 1.29 is 33.0 Å². The maximum Gasteiger partial charge on any atom is 0.418 e. The van der Waals surface area contributed by atoms with Gasteiger partial charge in [0.05, 0.1) is 11.0 Å². The van der Waals surface area contributed by atoms with E-state index < -0.39 is 23.3 Å². The molecule has 1 aromatic carbocycles. The zero-order valence-electron chi connectivity index (χ0n) is 18.4. The normalized spacial score (nSPS) is 32.3. The highest BCUT2D eigenvalue weighted by Crippen LogP contribution is 2.53. The highest BCUT2D eigenvalue weighted by atomic mass is 19.4. The van der Waals surface area contributed by atoms with Crippen molar-refractivity contribution in [3.63, 3.8) is 0 Å². The van der Waals surface area contributed by atoms with Crippen LogP contribution in [0, 0.1) is 5.41 Å². The Labute approximate surface area is 190 Å². The van der Waals surface area contributed by atoms with E-state index in [1.165, 1.54) is 24.3 Å². The molecule has 0 radical (unpaired) electrons. The maximum atomic E-state index is 13.3. The van der Waals surface area contributed by atoms with Crippen molar-refractivity contribution in [2.75, 3.05) is 18.0 Å². The van der Waals surface area contributed by atoms with Crippen LogP contribution in [0.5, 0.6) is 0 Å². The molecule has 4 fully saturated rings. The first-order valence-corrected chi connectivity index (χ1v) is 11.7. The molecule has 2 amide bonds. The first kappa shape index (κ1) is 22.7. The number of carbonyl (C=O) groups is 2.